The fraction of sp³-hybridized carbons (Fsp3) is 0.156. The number of amides is 1. The van der Waals surface area contributed by atoms with Crippen molar-refractivity contribution in [2.45, 2.75) is 30.2 Å². The van der Waals surface area contributed by atoms with Crippen molar-refractivity contribution in [3.05, 3.63) is 147 Å². The van der Waals surface area contributed by atoms with Gasteiger partial charge in [0.25, 0.3) is 0 Å². The Hall–Kier alpha value is -4.36. The van der Waals surface area contributed by atoms with E-state index in [-0.39, 0.29) is 17.6 Å². The number of rotatable bonds is 9. The zero-order chi connectivity index (χ0) is 27.2. The third-order valence-electron chi connectivity index (χ3n) is 6.71. The van der Waals surface area contributed by atoms with Gasteiger partial charge in [0.1, 0.15) is 6.61 Å². The fourth-order valence-corrected chi connectivity index (χ4v) is 5.66. The number of hydrogen-bond acceptors (Lipinski definition) is 5. The smallest absolute Gasteiger partial charge is 0.407 e. The van der Waals surface area contributed by atoms with Crippen molar-refractivity contribution in [3.63, 3.8) is 0 Å². The average Bonchev–Trinajstić information content (AvgIpc) is 3.27. The molecule has 1 aliphatic rings. The molecule has 0 unspecified atom stereocenters. The highest BCUT2D eigenvalue weighted by Gasteiger charge is 2.29. The van der Waals surface area contributed by atoms with Gasteiger partial charge in [-0.2, -0.15) is 0 Å². The van der Waals surface area contributed by atoms with E-state index in [1.165, 1.54) is 6.08 Å². The van der Waals surface area contributed by atoms with Crippen LogP contribution in [0.25, 0.3) is 11.1 Å². The molecule has 1 amide bonds. The minimum Gasteiger partial charge on any atom is -0.449 e. The van der Waals surface area contributed by atoms with E-state index in [9.17, 15) is 14.9 Å². The number of hydrogen-bond donors (Lipinski definition) is 1. The molecule has 4 aromatic rings. The van der Waals surface area contributed by atoms with Gasteiger partial charge >= 0.3 is 11.1 Å². The maximum absolute atomic E-state index is 13.0. The standard InChI is InChI=1S/C32H28N2O4S/c1-22-15-17-25(18-16-22)39-31(34(36)37)20-24(19-23-9-3-2-4-10-23)33-32(35)38-21-30-28-13-7-5-11-26(28)27-12-6-8-14-29(27)30/h2-18,20,24,30H,19,21H2,1H3,(H,33,35)/b31-20-/t24-/m0/s1. The maximum atomic E-state index is 13.0. The van der Waals surface area contributed by atoms with Crippen molar-refractivity contribution >= 4 is 17.9 Å². The second-order valence-electron chi connectivity index (χ2n) is 9.44. The number of carbonyl (C=O) groups excluding carboxylic acids is 1. The number of fused-ring (bicyclic) bond motifs is 3. The van der Waals surface area contributed by atoms with Crippen molar-refractivity contribution in [1.82, 2.24) is 5.32 Å². The van der Waals surface area contributed by atoms with Gasteiger partial charge in [0.05, 0.1) is 11.0 Å². The number of benzene rings is 4. The first kappa shape index (κ1) is 26.3. The van der Waals surface area contributed by atoms with Crippen molar-refractivity contribution in [1.29, 1.82) is 0 Å². The van der Waals surface area contributed by atoms with Crippen LogP contribution in [0.5, 0.6) is 0 Å². The van der Waals surface area contributed by atoms with Gasteiger partial charge in [-0.1, -0.05) is 96.6 Å². The average molecular weight is 537 g/mol. The van der Waals surface area contributed by atoms with E-state index in [0.717, 1.165) is 50.0 Å². The first-order valence-electron chi connectivity index (χ1n) is 12.7. The Bertz CT molecular complexity index is 1460. The Kier molecular flexibility index (Phi) is 8.08. The van der Waals surface area contributed by atoms with E-state index in [2.05, 4.69) is 29.6 Å². The summed E-state index contributed by atoms with van der Waals surface area (Å²) in [5, 5.41) is 14.8. The second-order valence-corrected chi connectivity index (χ2v) is 10.5. The minimum absolute atomic E-state index is 0.0567. The molecule has 6 nitrogen and oxygen atoms in total. The summed E-state index contributed by atoms with van der Waals surface area (Å²) in [4.78, 5) is 25.3. The molecule has 0 heterocycles. The van der Waals surface area contributed by atoms with Gasteiger partial charge in [-0.25, -0.2) is 4.79 Å². The first-order valence-corrected chi connectivity index (χ1v) is 13.6. The summed E-state index contributed by atoms with van der Waals surface area (Å²) in [5.74, 6) is -0.0716. The van der Waals surface area contributed by atoms with Gasteiger partial charge in [-0.3, -0.25) is 10.1 Å². The van der Waals surface area contributed by atoms with E-state index in [4.69, 9.17) is 4.74 Å². The maximum Gasteiger partial charge on any atom is 0.407 e. The number of thioether (sulfide) groups is 1. The third-order valence-corrected chi connectivity index (χ3v) is 7.71. The third kappa shape index (κ3) is 6.38. The van der Waals surface area contributed by atoms with E-state index < -0.39 is 17.1 Å². The lowest BCUT2D eigenvalue weighted by molar-refractivity contribution is -0.410. The normalized spacial score (nSPS) is 13.3. The largest absolute Gasteiger partial charge is 0.449 e. The molecule has 5 rings (SSSR count). The Morgan fingerprint density at radius 3 is 2.13 bits per heavy atom. The SMILES string of the molecule is Cc1ccc(S/C(=C\[C@H](Cc2ccccc2)NC(=O)OCC2c3ccccc3-c3ccccc32)[N+](=O)[O-])cc1. The van der Waals surface area contributed by atoms with Crippen molar-refractivity contribution in [3.8, 4) is 11.1 Å². The highest BCUT2D eigenvalue weighted by Crippen LogP contribution is 2.44. The van der Waals surface area contributed by atoms with Crippen LogP contribution in [-0.4, -0.2) is 23.7 Å². The molecule has 0 saturated carbocycles. The van der Waals surface area contributed by atoms with Crippen molar-refractivity contribution in [2.24, 2.45) is 0 Å². The number of nitrogens with zero attached hydrogens (tertiary/aromatic N) is 1. The van der Waals surface area contributed by atoms with Gasteiger partial charge in [0.15, 0.2) is 0 Å². The molecular weight excluding hydrogens is 508 g/mol. The Labute approximate surface area is 231 Å². The molecule has 0 radical (unpaired) electrons. The second kappa shape index (κ2) is 12.0. The first-order chi connectivity index (χ1) is 19.0. The summed E-state index contributed by atoms with van der Waals surface area (Å²) in [7, 11) is 0. The molecule has 0 saturated heterocycles. The van der Waals surface area contributed by atoms with Gasteiger partial charge in [-0.15, -0.1) is 0 Å². The predicted molar refractivity (Wildman–Crippen MR) is 154 cm³/mol. The van der Waals surface area contributed by atoms with Gasteiger partial charge < -0.3 is 10.1 Å². The summed E-state index contributed by atoms with van der Waals surface area (Å²) in [6, 6.07) is 32.7. The lowest BCUT2D eigenvalue weighted by Gasteiger charge is -2.18. The minimum atomic E-state index is -0.638. The zero-order valence-corrected chi connectivity index (χ0v) is 22.3. The number of alkyl carbamates (subject to hydrolysis) is 1. The molecule has 0 aromatic heterocycles. The van der Waals surface area contributed by atoms with Crippen molar-refractivity contribution in [2.75, 3.05) is 6.61 Å². The lowest BCUT2D eigenvalue weighted by Crippen LogP contribution is -2.36. The van der Waals surface area contributed by atoms with E-state index in [1.807, 2.05) is 85.8 Å². The van der Waals surface area contributed by atoms with Crippen LogP contribution in [0.3, 0.4) is 0 Å². The summed E-state index contributed by atoms with van der Waals surface area (Å²) in [6.07, 6.45) is 1.27. The number of nitrogens with one attached hydrogen (secondary N) is 1. The van der Waals surface area contributed by atoms with Crippen LogP contribution in [0.1, 0.15) is 28.2 Å². The number of ether oxygens (including phenoxy) is 1. The molecule has 1 aliphatic carbocycles. The topological polar surface area (TPSA) is 81.5 Å². The molecular formula is C32H28N2O4S. The lowest BCUT2D eigenvalue weighted by atomic mass is 9.98. The van der Waals surface area contributed by atoms with Gasteiger partial charge in [0.2, 0.25) is 0 Å². The van der Waals surface area contributed by atoms with Crippen LogP contribution >= 0.6 is 11.8 Å². The summed E-state index contributed by atoms with van der Waals surface area (Å²) < 4.78 is 5.73. The molecule has 1 N–H and O–H groups in total. The monoisotopic (exact) mass is 536 g/mol. The van der Waals surface area contributed by atoms with Gasteiger partial charge in [0, 0.05) is 16.9 Å². The van der Waals surface area contributed by atoms with Crippen LogP contribution in [0.2, 0.25) is 0 Å². The number of aryl methyl sites for hydroxylation is 1. The molecule has 0 bridgehead atoms. The highest BCUT2D eigenvalue weighted by molar-refractivity contribution is 8.02. The molecule has 4 aromatic carbocycles. The van der Waals surface area contributed by atoms with E-state index in [1.54, 1.807) is 0 Å². The van der Waals surface area contributed by atoms with Gasteiger partial charge in [-0.05, 0) is 65.1 Å². The predicted octanol–water partition coefficient (Wildman–Crippen LogP) is 7.36. The Morgan fingerprint density at radius 1 is 0.923 bits per heavy atom. The van der Waals surface area contributed by atoms with Crippen LogP contribution in [0.15, 0.2) is 119 Å². The molecule has 1 atom stereocenters. The van der Waals surface area contributed by atoms with E-state index in [0.29, 0.717) is 6.42 Å². The molecule has 0 spiro atoms. The molecule has 0 aliphatic heterocycles. The fourth-order valence-electron chi connectivity index (χ4n) is 4.84. The summed E-state index contributed by atoms with van der Waals surface area (Å²) >= 11 is 1.06. The quantitative estimate of drug-likeness (QED) is 0.137. The number of carbonyl (C=O) groups is 1. The van der Waals surface area contributed by atoms with Crippen LogP contribution in [0.4, 0.5) is 4.79 Å². The molecule has 7 heteroatoms. The van der Waals surface area contributed by atoms with Crippen LogP contribution < -0.4 is 5.32 Å². The Morgan fingerprint density at radius 2 is 1.51 bits per heavy atom. The van der Waals surface area contributed by atoms with Crippen molar-refractivity contribution < 1.29 is 14.5 Å². The highest BCUT2D eigenvalue weighted by atomic mass is 32.2. The molecule has 0 fully saturated rings. The van der Waals surface area contributed by atoms with Crippen LogP contribution in [0, 0.1) is 17.0 Å². The number of nitro groups is 1. The summed E-state index contributed by atoms with van der Waals surface area (Å²) in [6.45, 7) is 2.13. The summed E-state index contributed by atoms with van der Waals surface area (Å²) in [5.41, 5.74) is 6.56. The Balaban J connectivity index is 1.33. The molecule has 39 heavy (non-hydrogen) atoms. The van der Waals surface area contributed by atoms with E-state index >= 15 is 0 Å². The zero-order valence-electron chi connectivity index (χ0n) is 21.4. The van der Waals surface area contributed by atoms with Crippen LogP contribution in [-0.2, 0) is 11.2 Å². The molecule has 196 valence electrons.